The van der Waals surface area contributed by atoms with Gasteiger partial charge in [-0.15, -0.1) is 0 Å². The van der Waals surface area contributed by atoms with E-state index < -0.39 is 0 Å². The predicted molar refractivity (Wildman–Crippen MR) is 84.5 cm³/mol. The number of fused-ring (bicyclic) bond motifs is 1. The molecule has 0 fully saturated rings. The van der Waals surface area contributed by atoms with E-state index in [0.29, 0.717) is 17.8 Å². The molecular formula is C17H21N3O. The van der Waals surface area contributed by atoms with Crippen molar-refractivity contribution in [3.63, 3.8) is 0 Å². The summed E-state index contributed by atoms with van der Waals surface area (Å²) in [5.74, 6) is 1.63. The van der Waals surface area contributed by atoms with Crippen LogP contribution >= 0.6 is 0 Å². The van der Waals surface area contributed by atoms with Crippen molar-refractivity contribution in [3.05, 3.63) is 45.4 Å². The fourth-order valence-electron chi connectivity index (χ4n) is 3.10. The van der Waals surface area contributed by atoms with Crippen LogP contribution in [-0.2, 0) is 7.05 Å². The second-order valence-electron chi connectivity index (χ2n) is 6.25. The largest absolute Gasteiger partial charge is 0.316 e. The third-order valence-electron chi connectivity index (χ3n) is 4.32. The Bertz CT molecular complexity index is 842. The zero-order valence-corrected chi connectivity index (χ0v) is 12.9. The molecule has 2 unspecified atom stereocenters. The molecular weight excluding hydrogens is 262 g/mol. The third-order valence-corrected chi connectivity index (χ3v) is 4.32. The van der Waals surface area contributed by atoms with Gasteiger partial charge in [-0.2, -0.15) is 5.10 Å². The van der Waals surface area contributed by atoms with Crippen molar-refractivity contribution in [2.75, 3.05) is 0 Å². The minimum atomic E-state index is -0.0102. The van der Waals surface area contributed by atoms with Gasteiger partial charge in [-0.25, -0.2) is 4.68 Å². The van der Waals surface area contributed by atoms with Gasteiger partial charge in [-0.05, 0) is 23.8 Å². The lowest BCUT2D eigenvalue weighted by molar-refractivity contribution is 0.416. The van der Waals surface area contributed by atoms with Gasteiger partial charge < -0.3 is 4.57 Å². The van der Waals surface area contributed by atoms with Crippen molar-refractivity contribution in [2.24, 2.45) is 24.8 Å². The van der Waals surface area contributed by atoms with E-state index in [2.05, 4.69) is 38.0 Å². The van der Waals surface area contributed by atoms with E-state index in [-0.39, 0.29) is 5.56 Å². The van der Waals surface area contributed by atoms with Gasteiger partial charge in [0, 0.05) is 24.5 Å². The Balaban J connectivity index is 2.20. The van der Waals surface area contributed by atoms with Crippen LogP contribution in [-0.4, -0.2) is 14.3 Å². The average molecular weight is 283 g/mol. The number of nitrogens with zero attached hydrogens (tertiary/aromatic N) is 3. The summed E-state index contributed by atoms with van der Waals surface area (Å²) in [6.45, 7) is 6.76. The van der Waals surface area contributed by atoms with Gasteiger partial charge in [0.15, 0.2) is 0 Å². The van der Waals surface area contributed by atoms with Crippen LogP contribution in [0.2, 0.25) is 0 Å². The van der Waals surface area contributed by atoms with Crippen LogP contribution in [0.1, 0.15) is 20.8 Å². The molecule has 0 amide bonds. The number of hydrogen-bond acceptors (Lipinski definition) is 2. The van der Waals surface area contributed by atoms with Crippen LogP contribution in [0.25, 0.3) is 17.8 Å². The van der Waals surface area contributed by atoms with Crippen LogP contribution in [0.4, 0.5) is 0 Å². The molecule has 4 heteroatoms. The van der Waals surface area contributed by atoms with E-state index in [1.807, 2.05) is 23.1 Å². The topological polar surface area (TPSA) is 39.8 Å². The summed E-state index contributed by atoms with van der Waals surface area (Å²) < 4.78 is 3.50. The molecule has 0 aromatic carbocycles. The van der Waals surface area contributed by atoms with Crippen LogP contribution in [0.15, 0.2) is 29.3 Å². The second kappa shape index (κ2) is 5.02. The Morgan fingerprint density at radius 1 is 1.24 bits per heavy atom. The molecule has 2 heterocycles. The highest BCUT2D eigenvalue weighted by Crippen LogP contribution is 2.24. The molecule has 2 aromatic heterocycles. The molecule has 0 aliphatic heterocycles. The number of aromatic nitrogens is 3. The highest BCUT2D eigenvalue weighted by Gasteiger charge is 2.20. The van der Waals surface area contributed by atoms with Crippen molar-refractivity contribution in [3.8, 4) is 5.69 Å². The van der Waals surface area contributed by atoms with Crippen molar-refractivity contribution >= 4 is 12.2 Å². The van der Waals surface area contributed by atoms with E-state index in [1.165, 1.54) is 5.22 Å². The molecule has 0 saturated carbocycles. The molecule has 110 valence electrons. The van der Waals surface area contributed by atoms with Crippen molar-refractivity contribution in [1.82, 2.24) is 14.3 Å². The molecule has 2 aromatic rings. The minimum absolute atomic E-state index is 0.0102. The number of aryl methyl sites for hydroxylation is 1. The van der Waals surface area contributed by atoms with Gasteiger partial charge >= 0.3 is 0 Å². The summed E-state index contributed by atoms with van der Waals surface area (Å²) in [4.78, 5) is 11.5. The molecule has 21 heavy (non-hydrogen) atoms. The fraction of sp³-hybridized carbons (Fsp3) is 0.412. The first-order valence-corrected chi connectivity index (χ1v) is 7.42. The maximum absolute atomic E-state index is 11.5. The van der Waals surface area contributed by atoms with Gasteiger partial charge in [-0.1, -0.05) is 32.9 Å². The molecule has 0 saturated heterocycles. The second-order valence-corrected chi connectivity index (χ2v) is 6.25. The molecule has 0 bridgehead atoms. The van der Waals surface area contributed by atoms with Gasteiger partial charge in [0.25, 0.3) is 0 Å². The van der Waals surface area contributed by atoms with Crippen LogP contribution < -0.4 is 16.1 Å². The molecule has 0 spiro atoms. The van der Waals surface area contributed by atoms with Gasteiger partial charge in [-0.3, -0.25) is 4.79 Å². The lowest BCUT2D eigenvalue weighted by Crippen LogP contribution is -2.36. The van der Waals surface area contributed by atoms with E-state index in [4.69, 9.17) is 0 Å². The monoisotopic (exact) mass is 283 g/mol. The highest BCUT2D eigenvalue weighted by atomic mass is 16.1. The SMILES string of the molecule is CC(C)C1C=c2c(cnn2-c2ccc(=O)n(C)c2)=CC1C. The fourth-order valence-corrected chi connectivity index (χ4v) is 3.10. The average Bonchev–Trinajstić information content (AvgIpc) is 2.83. The van der Waals surface area contributed by atoms with Gasteiger partial charge in [0.1, 0.15) is 0 Å². The molecule has 3 rings (SSSR count). The van der Waals surface area contributed by atoms with Gasteiger partial charge in [0.05, 0.1) is 17.2 Å². The molecule has 4 nitrogen and oxygen atoms in total. The van der Waals surface area contributed by atoms with Crippen molar-refractivity contribution < 1.29 is 0 Å². The Morgan fingerprint density at radius 2 is 2.00 bits per heavy atom. The summed E-state index contributed by atoms with van der Waals surface area (Å²) in [6, 6.07) is 3.41. The first-order valence-electron chi connectivity index (χ1n) is 7.42. The summed E-state index contributed by atoms with van der Waals surface area (Å²) in [5, 5.41) is 6.81. The van der Waals surface area contributed by atoms with E-state index in [0.717, 1.165) is 11.0 Å². The molecule has 0 N–H and O–H groups in total. The highest BCUT2D eigenvalue weighted by molar-refractivity contribution is 5.43. The molecule has 1 aliphatic rings. The number of hydrogen-bond donors (Lipinski definition) is 0. The lowest BCUT2D eigenvalue weighted by atomic mass is 9.81. The predicted octanol–water partition coefficient (Wildman–Crippen LogP) is 1.05. The van der Waals surface area contributed by atoms with Crippen LogP contribution in [0.5, 0.6) is 0 Å². The Kier molecular flexibility index (Phi) is 3.32. The molecule has 0 radical (unpaired) electrons. The zero-order chi connectivity index (χ0) is 15.1. The standard InChI is InChI=1S/C17H21N3O/c1-11(2)15-8-16-13(7-12(15)3)9-18-20(16)14-5-6-17(21)19(4)10-14/h5-12,15H,1-4H3. The van der Waals surface area contributed by atoms with Crippen molar-refractivity contribution in [1.29, 1.82) is 0 Å². The molecule has 2 atom stereocenters. The smallest absolute Gasteiger partial charge is 0.250 e. The summed E-state index contributed by atoms with van der Waals surface area (Å²) >= 11 is 0. The van der Waals surface area contributed by atoms with Gasteiger partial charge in [0.2, 0.25) is 5.56 Å². The summed E-state index contributed by atoms with van der Waals surface area (Å²) in [5.41, 5.74) is 0.907. The van der Waals surface area contributed by atoms with Crippen LogP contribution in [0, 0.1) is 17.8 Å². The van der Waals surface area contributed by atoms with Crippen LogP contribution in [0.3, 0.4) is 0 Å². The Labute approximate surface area is 124 Å². The maximum atomic E-state index is 11.5. The minimum Gasteiger partial charge on any atom is -0.316 e. The van der Waals surface area contributed by atoms with Crippen molar-refractivity contribution in [2.45, 2.75) is 20.8 Å². The quantitative estimate of drug-likeness (QED) is 0.826. The van der Waals surface area contributed by atoms with E-state index in [1.54, 1.807) is 17.7 Å². The first kappa shape index (κ1) is 13.9. The maximum Gasteiger partial charge on any atom is 0.250 e. The summed E-state index contributed by atoms with van der Waals surface area (Å²) in [7, 11) is 1.76. The molecule has 1 aliphatic carbocycles. The van der Waals surface area contributed by atoms with E-state index in [9.17, 15) is 4.79 Å². The number of rotatable bonds is 2. The first-order chi connectivity index (χ1) is 9.97. The zero-order valence-electron chi connectivity index (χ0n) is 12.9. The lowest BCUT2D eigenvalue weighted by Gasteiger charge is -2.24. The Hall–Kier alpha value is -2.10. The van der Waals surface area contributed by atoms with E-state index >= 15 is 0 Å². The third kappa shape index (κ3) is 2.35. The normalized spacial score (nSPS) is 20.8. The Morgan fingerprint density at radius 3 is 2.67 bits per heavy atom. The number of pyridine rings is 1. The summed E-state index contributed by atoms with van der Waals surface area (Å²) in [6.07, 6.45) is 8.35.